The molecule has 11 heteroatoms. The first kappa shape index (κ1) is 28.5. The number of hydrogen-bond donors (Lipinski definition) is 4. The van der Waals surface area contributed by atoms with Gasteiger partial charge in [-0.3, -0.25) is 24.0 Å². The van der Waals surface area contributed by atoms with Gasteiger partial charge < -0.3 is 30.9 Å². The highest BCUT2D eigenvalue weighted by molar-refractivity contribution is 5.96. The van der Waals surface area contributed by atoms with E-state index in [2.05, 4.69) is 21.3 Å². The van der Waals surface area contributed by atoms with E-state index >= 15 is 0 Å². The number of carbonyl (C=O) groups excluding carboxylic acids is 5. The van der Waals surface area contributed by atoms with E-state index in [1.165, 1.54) is 0 Å². The minimum absolute atomic E-state index is 0.0119. The van der Waals surface area contributed by atoms with Crippen LogP contribution in [0.1, 0.15) is 70.3 Å². The second kappa shape index (κ2) is 13.1. The number of hydrogen-bond acceptors (Lipinski definition) is 7. The average molecular weight is 542 g/mol. The van der Waals surface area contributed by atoms with Crippen LogP contribution in [0.15, 0.2) is 24.3 Å². The second-order valence-corrected chi connectivity index (χ2v) is 10.6. The van der Waals surface area contributed by atoms with E-state index in [1.807, 2.05) is 6.07 Å². The van der Waals surface area contributed by atoms with Crippen molar-refractivity contribution >= 4 is 35.3 Å². The zero-order valence-corrected chi connectivity index (χ0v) is 22.7. The van der Waals surface area contributed by atoms with E-state index in [9.17, 15) is 24.0 Å². The van der Waals surface area contributed by atoms with Gasteiger partial charge in [0.15, 0.2) is 6.10 Å². The van der Waals surface area contributed by atoms with Crippen molar-refractivity contribution in [3.8, 4) is 0 Å². The van der Waals surface area contributed by atoms with Crippen LogP contribution in [0.2, 0.25) is 0 Å². The molecule has 4 rings (SSSR count). The number of rotatable bonds is 8. The zero-order chi connectivity index (χ0) is 27.9. The molecule has 4 amide bonds. The summed E-state index contributed by atoms with van der Waals surface area (Å²) in [5.74, 6) is -1.40. The van der Waals surface area contributed by atoms with Crippen LogP contribution >= 0.6 is 0 Å². The number of cyclic esters (lactones) is 1. The second-order valence-electron chi connectivity index (χ2n) is 10.6. The molecule has 5 atom stereocenters. The summed E-state index contributed by atoms with van der Waals surface area (Å²) in [6, 6.07) is 5.43. The summed E-state index contributed by atoms with van der Waals surface area (Å²) in [7, 11) is 1.69. The summed E-state index contributed by atoms with van der Waals surface area (Å²) in [5, 5.41) is 11.5. The topological polar surface area (TPSA) is 146 Å². The molecule has 1 aromatic carbocycles. The van der Waals surface area contributed by atoms with Crippen molar-refractivity contribution < 1.29 is 28.7 Å². The summed E-state index contributed by atoms with van der Waals surface area (Å²) in [6.07, 6.45) is 5.16. The number of esters is 1. The fourth-order valence-corrected chi connectivity index (χ4v) is 5.53. The minimum atomic E-state index is -0.796. The monoisotopic (exact) mass is 541 g/mol. The van der Waals surface area contributed by atoms with Gasteiger partial charge in [0, 0.05) is 24.7 Å². The Kier molecular flexibility index (Phi) is 9.55. The van der Waals surface area contributed by atoms with Gasteiger partial charge in [-0.1, -0.05) is 25.0 Å². The molecule has 4 N–H and O–H groups in total. The van der Waals surface area contributed by atoms with Gasteiger partial charge in [0.1, 0.15) is 12.1 Å². The SMILES string of the molecule is CN[C@@H](C)C(=O)N[C@H]1CCCC[C@H]2CC[C@@H](C(=O)NCc3cccc(NC(=O)C4CCCC(=O)O4)c3)N2C1=O. The summed E-state index contributed by atoms with van der Waals surface area (Å²) in [4.78, 5) is 65.0. The van der Waals surface area contributed by atoms with Crippen LogP contribution in [0.5, 0.6) is 0 Å². The number of anilines is 1. The molecule has 0 radical (unpaired) electrons. The van der Waals surface area contributed by atoms with Crippen LogP contribution in [-0.2, 0) is 35.3 Å². The van der Waals surface area contributed by atoms with Crippen LogP contribution in [0.3, 0.4) is 0 Å². The third-order valence-electron chi connectivity index (χ3n) is 7.86. The highest BCUT2D eigenvalue weighted by atomic mass is 16.5. The maximum Gasteiger partial charge on any atom is 0.306 e. The van der Waals surface area contributed by atoms with Gasteiger partial charge in [-0.05, 0) is 70.2 Å². The minimum Gasteiger partial charge on any atom is -0.452 e. The molecule has 1 aromatic rings. The lowest BCUT2D eigenvalue weighted by Gasteiger charge is -2.35. The molecule has 11 nitrogen and oxygen atoms in total. The summed E-state index contributed by atoms with van der Waals surface area (Å²) < 4.78 is 5.13. The summed E-state index contributed by atoms with van der Waals surface area (Å²) in [5.41, 5.74) is 1.32. The Hall–Kier alpha value is -3.47. The van der Waals surface area contributed by atoms with Gasteiger partial charge in [0.25, 0.3) is 5.91 Å². The molecule has 0 bridgehead atoms. The van der Waals surface area contributed by atoms with Crippen LogP contribution in [-0.4, -0.2) is 71.8 Å². The van der Waals surface area contributed by atoms with Gasteiger partial charge in [0.05, 0.1) is 6.04 Å². The fraction of sp³-hybridized carbons (Fsp3) is 0.607. The van der Waals surface area contributed by atoms with Crippen LogP contribution < -0.4 is 21.3 Å². The number of carbonyl (C=O) groups is 5. The lowest BCUT2D eigenvalue weighted by atomic mass is 9.98. The van der Waals surface area contributed by atoms with Gasteiger partial charge in [-0.25, -0.2) is 0 Å². The largest absolute Gasteiger partial charge is 0.452 e. The molecular weight excluding hydrogens is 502 g/mol. The predicted molar refractivity (Wildman–Crippen MR) is 143 cm³/mol. The number of amides is 4. The molecule has 3 aliphatic rings. The maximum atomic E-state index is 13.6. The van der Waals surface area contributed by atoms with E-state index in [-0.39, 0.29) is 42.2 Å². The summed E-state index contributed by atoms with van der Waals surface area (Å²) in [6.45, 7) is 1.97. The highest BCUT2D eigenvalue weighted by Gasteiger charge is 2.43. The van der Waals surface area contributed by atoms with Crippen molar-refractivity contribution in [2.75, 3.05) is 12.4 Å². The molecule has 0 saturated carbocycles. The number of fused-ring (bicyclic) bond motifs is 1. The third kappa shape index (κ3) is 7.14. The van der Waals surface area contributed by atoms with E-state index in [0.717, 1.165) is 31.2 Å². The molecule has 212 valence electrons. The molecule has 3 saturated heterocycles. The molecule has 0 aliphatic carbocycles. The van der Waals surface area contributed by atoms with Crippen molar-refractivity contribution in [2.24, 2.45) is 0 Å². The van der Waals surface area contributed by atoms with Crippen molar-refractivity contribution in [3.63, 3.8) is 0 Å². The number of nitrogens with zero attached hydrogens (tertiary/aromatic N) is 1. The first-order valence-electron chi connectivity index (χ1n) is 13.9. The molecule has 0 spiro atoms. The van der Waals surface area contributed by atoms with Crippen LogP contribution in [0, 0.1) is 0 Å². The quantitative estimate of drug-likeness (QED) is 0.364. The number of likely N-dealkylation sites (N-methyl/N-ethyl adjacent to an activating group) is 1. The standard InChI is InChI=1S/C28H39N5O6/c1-17(29-2)25(35)32-21-10-4-3-9-20-13-14-22(33(20)28(21)38)26(36)30-16-18-7-5-8-19(15-18)31-27(37)23-11-6-12-24(34)39-23/h5,7-8,15,17,20-23,29H,3-4,6,9-14,16H2,1-2H3,(H,30,36)(H,31,37)(H,32,35)/t17-,20-,21-,22-,23?/m0/s1. The van der Waals surface area contributed by atoms with E-state index in [4.69, 9.17) is 4.74 Å². The van der Waals surface area contributed by atoms with E-state index in [0.29, 0.717) is 37.8 Å². The molecule has 3 heterocycles. The van der Waals surface area contributed by atoms with Crippen molar-refractivity contribution in [1.29, 1.82) is 0 Å². The molecule has 3 aliphatic heterocycles. The predicted octanol–water partition coefficient (Wildman–Crippen LogP) is 1.36. The van der Waals surface area contributed by atoms with Gasteiger partial charge >= 0.3 is 5.97 Å². The Morgan fingerprint density at radius 2 is 1.82 bits per heavy atom. The van der Waals surface area contributed by atoms with Crippen molar-refractivity contribution in [3.05, 3.63) is 29.8 Å². The smallest absolute Gasteiger partial charge is 0.306 e. The van der Waals surface area contributed by atoms with Gasteiger partial charge in [0.2, 0.25) is 17.7 Å². The normalized spacial score (nSPS) is 25.9. The number of nitrogens with one attached hydrogen (secondary N) is 4. The molecule has 3 fully saturated rings. The number of ether oxygens (including phenoxy) is 1. The van der Waals surface area contributed by atoms with Crippen LogP contribution in [0.4, 0.5) is 5.69 Å². The van der Waals surface area contributed by atoms with Crippen LogP contribution in [0.25, 0.3) is 0 Å². The first-order chi connectivity index (χ1) is 18.8. The summed E-state index contributed by atoms with van der Waals surface area (Å²) >= 11 is 0. The highest BCUT2D eigenvalue weighted by Crippen LogP contribution is 2.31. The Bertz CT molecular complexity index is 1090. The Balaban J connectivity index is 1.36. The first-order valence-corrected chi connectivity index (χ1v) is 13.9. The zero-order valence-electron chi connectivity index (χ0n) is 22.7. The van der Waals surface area contributed by atoms with E-state index < -0.39 is 24.2 Å². The Morgan fingerprint density at radius 1 is 1.03 bits per heavy atom. The molecular formula is C28H39N5O6. The molecule has 0 aromatic heterocycles. The third-order valence-corrected chi connectivity index (χ3v) is 7.86. The Morgan fingerprint density at radius 3 is 2.59 bits per heavy atom. The van der Waals surface area contributed by atoms with Gasteiger partial charge in [-0.15, -0.1) is 0 Å². The molecule has 39 heavy (non-hydrogen) atoms. The average Bonchev–Trinajstić information content (AvgIpc) is 3.35. The Labute approximate surface area is 228 Å². The van der Waals surface area contributed by atoms with Crippen molar-refractivity contribution in [1.82, 2.24) is 20.9 Å². The number of benzene rings is 1. The lowest BCUT2D eigenvalue weighted by Crippen LogP contribution is -2.57. The van der Waals surface area contributed by atoms with E-state index in [1.54, 1.807) is 37.1 Å². The lowest BCUT2D eigenvalue weighted by molar-refractivity contribution is -0.158. The fourth-order valence-electron chi connectivity index (χ4n) is 5.53. The maximum absolute atomic E-state index is 13.6. The van der Waals surface area contributed by atoms with Gasteiger partial charge in [-0.2, -0.15) is 0 Å². The van der Waals surface area contributed by atoms with Crippen molar-refractivity contribution in [2.45, 2.75) is 102 Å². The molecule has 1 unspecified atom stereocenters.